The number of para-hydroxylation sites is 1. The summed E-state index contributed by atoms with van der Waals surface area (Å²) in [5.41, 5.74) is 2.85. The number of carboxylic acid groups (broad SMARTS) is 1. The summed E-state index contributed by atoms with van der Waals surface area (Å²) in [6.07, 6.45) is 0.788. The molecular weight excluding hydrogens is 490 g/mol. The number of nitrogens with zero attached hydrogens (tertiary/aromatic N) is 1. The number of aliphatic carboxylic acids is 1. The number of fused-ring (bicyclic) bond motifs is 3. The van der Waals surface area contributed by atoms with Gasteiger partial charge in [0.2, 0.25) is 0 Å². The third-order valence-corrected chi connectivity index (χ3v) is 6.92. The van der Waals surface area contributed by atoms with Gasteiger partial charge in [0.05, 0.1) is 19.3 Å². The lowest BCUT2D eigenvalue weighted by Crippen LogP contribution is -2.50. The first kappa shape index (κ1) is 26.9. The van der Waals surface area contributed by atoms with Crippen LogP contribution in [-0.2, 0) is 11.2 Å². The van der Waals surface area contributed by atoms with E-state index in [0.717, 1.165) is 16.5 Å². The Hall–Kier alpha value is -3.11. The maximum atomic E-state index is 15.5. The summed E-state index contributed by atoms with van der Waals surface area (Å²) >= 11 is 0. The lowest BCUT2D eigenvalue weighted by molar-refractivity contribution is -0.169. The van der Waals surface area contributed by atoms with E-state index in [-0.39, 0.29) is 12.2 Å². The normalized spacial score (nSPS) is 18.2. The number of rotatable bonds is 11. The first-order chi connectivity index (χ1) is 17.7. The molecule has 10 heteroatoms. The second-order valence-electron chi connectivity index (χ2n) is 9.43. The number of halogens is 4. The van der Waals surface area contributed by atoms with E-state index in [9.17, 15) is 18.0 Å². The van der Waals surface area contributed by atoms with Gasteiger partial charge in [0, 0.05) is 34.7 Å². The number of aromatic amines is 1. The van der Waals surface area contributed by atoms with Crippen molar-refractivity contribution in [2.75, 3.05) is 32.9 Å². The number of ether oxygens (including phenoxy) is 1. The molecular formula is C27H31F4N3O3. The number of alkyl halides is 3. The molecule has 2 atom stereocenters. The number of benzene rings is 2. The molecule has 37 heavy (non-hydrogen) atoms. The Morgan fingerprint density at radius 1 is 1.24 bits per heavy atom. The van der Waals surface area contributed by atoms with E-state index < -0.39 is 43.0 Å². The van der Waals surface area contributed by atoms with Gasteiger partial charge in [0.25, 0.3) is 0 Å². The summed E-state index contributed by atoms with van der Waals surface area (Å²) in [5, 5.41) is 13.1. The van der Waals surface area contributed by atoms with Crippen LogP contribution in [0.2, 0.25) is 0 Å². The van der Waals surface area contributed by atoms with Crippen LogP contribution in [0.5, 0.6) is 5.75 Å². The molecule has 0 radical (unpaired) electrons. The Labute approximate surface area is 212 Å². The molecule has 1 aromatic heterocycles. The Morgan fingerprint density at radius 2 is 2.00 bits per heavy atom. The Bertz CT molecular complexity index is 1260. The number of carboxylic acids is 1. The van der Waals surface area contributed by atoms with Gasteiger partial charge in [0.1, 0.15) is 18.2 Å². The topological polar surface area (TPSA) is 77.6 Å². The molecule has 2 aromatic carbocycles. The zero-order valence-corrected chi connectivity index (χ0v) is 20.8. The zero-order chi connectivity index (χ0) is 26.7. The van der Waals surface area contributed by atoms with E-state index >= 15 is 4.39 Å². The van der Waals surface area contributed by atoms with Crippen molar-refractivity contribution in [1.29, 1.82) is 0 Å². The SMILES string of the molecule is Cc1c(OCCNCCCF)ccc(F)c1[C@@H]1c2[nH]c3ccccc3c2C[C@@H](C)N1CC(F)(F)C(=O)O. The fourth-order valence-electron chi connectivity index (χ4n) is 5.08. The van der Waals surface area contributed by atoms with Crippen LogP contribution in [0.1, 0.15) is 41.8 Å². The van der Waals surface area contributed by atoms with Crippen LogP contribution in [0.25, 0.3) is 10.9 Å². The molecule has 0 aliphatic carbocycles. The van der Waals surface area contributed by atoms with Gasteiger partial charge in [0.15, 0.2) is 0 Å². The average molecular weight is 522 g/mol. The lowest BCUT2D eigenvalue weighted by Gasteiger charge is -2.42. The maximum Gasteiger partial charge on any atom is 0.375 e. The fourth-order valence-corrected chi connectivity index (χ4v) is 5.08. The second-order valence-corrected chi connectivity index (χ2v) is 9.43. The Balaban J connectivity index is 1.77. The van der Waals surface area contributed by atoms with Gasteiger partial charge >= 0.3 is 11.9 Å². The zero-order valence-electron chi connectivity index (χ0n) is 20.8. The Morgan fingerprint density at radius 3 is 2.73 bits per heavy atom. The molecule has 0 spiro atoms. The summed E-state index contributed by atoms with van der Waals surface area (Å²) in [4.78, 5) is 16.0. The minimum Gasteiger partial charge on any atom is -0.492 e. The summed E-state index contributed by atoms with van der Waals surface area (Å²) in [6.45, 7) is 3.12. The quantitative estimate of drug-likeness (QED) is 0.245. The number of hydrogen-bond donors (Lipinski definition) is 3. The van der Waals surface area contributed by atoms with E-state index in [1.807, 2.05) is 24.3 Å². The van der Waals surface area contributed by atoms with Crippen LogP contribution < -0.4 is 10.1 Å². The van der Waals surface area contributed by atoms with Gasteiger partial charge < -0.3 is 20.1 Å². The number of carbonyl (C=O) groups is 1. The summed E-state index contributed by atoms with van der Waals surface area (Å²) in [6, 6.07) is 8.77. The fraction of sp³-hybridized carbons (Fsp3) is 0.444. The molecule has 0 saturated heterocycles. The lowest BCUT2D eigenvalue weighted by atomic mass is 9.86. The second kappa shape index (κ2) is 11.1. The molecule has 0 bridgehead atoms. The highest BCUT2D eigenvalue weighted by Gasteiger charge is 2.47. The van der Waals surface area contributed by atoms with Crippen molar-refractivity contribution in [3.05, 3.63) is 64.6 Å². The molecule has 3 N–H and O–H groups in total. The van der Waals surface area contributed by atoms with Gasteiger partial charge in [-0.25, -0.2) is 9.18 Å². The molecule has 200 valence electrons. The van der Waals surface area contributed by atoms with Crippen molar-refractivity contribution < 1.29 is 32.2 Å². The van der Waals surface area contributed by atoms with Gasteiger partial charge in [-0.05, 0) is 62.6 Å². The maximum absolute atomic E-state index is 15.5. The van der Waals surface area contributed by atoms with Crippen LogP contribution in [0.3, 0.4) is 0 Å². The minimum atomic E-state index is -4.03. The molecule has 6 nitrogen and oxygen atoms in total. The average Bonchev–Trinajstić information content (AvgIpc) is 3.22. The van der Waals surface area contributed by atoms with E-state index in [1.165, 1.54) is 17.0 Å². The molecule has 1 aliphatic rings. The van der Waals surface area contributed by atoms with E-state index in [1.54, 1.807) is 13.8 Å². The van der Waals surface area contributed by atoms with E-state index in [0.29, 0.717) is 42.9 Å². The first-order valence-corrected chi connectivity index (χ1v) is 12.3. The van der Waals surface area contributed by atoms with Gasteiger partial charge in [-0.2, -0.15) is 8.78 Å². The van der Waals surface area contributed by atoms with Crippen molar-refractivity contribution in [2.45, 2.75) is 44.7 Å². The molecule has 1 aliphatic heterocycles. The van der Waals surface area contributed by atoms with E-state index in [4.69, 9.17) is 9.84 Å². The predicted octanol–water partition coefficient (Wildman–Crippen LogP) is 5.00. The highest BCUT2D eigenvalue weighted by Crippen LogP contribution is 2.44. The molecule has 4 rings (SSSR count). The van der Waals surface area contributed by atoms with Crippen molar-refractivity contribution in [3.63, 3.8) is 0 Å². The van der Waals surface area contributed by atoms with Crippen molar-refractivity contribution in [2.24, 2.45) is 0 Å². The van der Waals surface area contributed by atoms with Crippen molar-refractivity contribution in [1.82, 2.24) is 15.2 Å². The van der Waals surface area contributed by atoms with Crippen molar-refractivity contribution >= 4 is 16.9 Å². The number of aromatic nitrogens is 1. The van der Waals surface area contributed by atoms with Gasteiger partial charge in [-0.1, -0.05) is 18.2 Å². The summed E-state index contributed by atoms with van der Waals surface area (Å²) < 4.78 is 62.8. The monoisotopic (exact) mass is 521 g/mol. The first-order valence-electron chi connectivity index (χ1n) is 12.3. The van der Waals surface area contributed by atoms with Crippen LogP contribution in [-0.4, -0.2) is 65.8 Å². The van der Waals surface area contributed by atoms with Gasteiger partial charge in [-0.3, -0.25) is 9.29 Å². The van der Waals surface area contributed by atoms with Crippen LogP contribution in [0.15, 0.2) is 36.4 Å². The summed E-state index contributed by atoms with van der Waals surface area (Å²) in [7, 11) is 0. The molecule has 2 heterocycles. The molecule has 0 unspecified atom stereocenters. The highest BCUT2D eigenvalue weighted by atomic mass is 19.3. The third-order valence-electron chi connectivity index (χ3n) is 6.92. The molecule has 0 amide bonds. The third kappa shape index (κ3) is 5.45. The number of hydrogen-bond acceptors (Lipinski definition) is 4. The highest BCUT2D eigenvalue weighted by molar-refractivity contribution is 5.85. The largest absolute Gasteiger partial charge is 0.492 e. The molecule has 0 saturated carbocycles. The molecule has 0 fully saturated rings. The van der Waals surface area contributed by atoms with Crippen molar-refractivity contribution in [3.8, 4) is 5.75 Å². The standard InChI is InChI=1S/C27H31F4N3O3/c1-16-14-19-18-6-3-4-7-21(18)33-24(19)25(34(16)15-27(30,31)26(35)36)23-17(2)22(9-8-20(23)29)37-13-12-32-11-5-10-28/h3-4,6-9,16,25,32-33H,5,10-15H2,1-2H3,(H,35,36)/t16-,25-/m1/s1. The number of H-pyrrole nitrogens is 1. The Kier molecular flexibility index (Phi) is 8.08. The van der Waals surface area contributed by atoms with Crippen LogP contribution >= 0.6 is 0 Å². The van der Waals surface area contributed by atoms with E-state index in [2.05, 4.69) is 10.3 Å². The summed E-state index contributed by atoms with van der Waals surface area (Å²) in [5.74, 6) is -6.46. The number of nitrogens with one attached hydrogen (secondary N) is 2. The van der Waals surface area contributed by atoms with Gasteiger partial charge in [-0.15, -0.1) is 0 Å². The van der Waals surface area contributed by atoms with Crippen LogP contribution in [0.4, 0.5) is 17.6 Å². The minimum absolute atomic E-state index is 0.156. The van der Waals surface area contributed by atoms with Crippen LogP contribution in [0, 0.1) is 12.7 Å². The smallest absolute Gasteiger partial charge is 0.375 e. The predicted molar refractivity (Wildman–Crippen MR) is 133 cm³/mol. The molecule has 3 aromatic rings.